The van der Waals surface area contributed by atoms with Crippen LogP contribution in [0.3, 0.4) is 0 Å². The molecular formula is C8H7IN2O3. The van der Waals surface area contributed by atoms with Crippen LogP contribution in [0.15, 0.2) is 12.1 Å². The number of hydrogen-bond acceptors (Lipinski definition) is 4. The summed E-state index contributed by atoms with van der Waals surface area (Å²) in [6, 6.07) is 3.00. The number of ketones is 1. The zero-order chi connectivity index (χ0) is 10.9. The average Bonchev–Trinajstić information content (AvgIpc) is 2.02. The molecule has 0 aliphatic heterocycles. The Bertz CT molecular complexity index is 417. The summed E-state index contributed by atoms with van der Waals surface area (Å²) in [5, 5.41) is 10.6. The van der Waals surface area contributed by atoms with Crippen molar-refractivity contribution in [3.8, 4) is 0 Å². The number of benzene rings is 1. The fourth-order valence-electron chi connectivity index (χ4n) is 1.07. The number of nitrogens with zero attached hydrogens (tertiary/aromatic N) is 1. The fraction of sp³-hybridized carbons (Fsp3) is 0.125. The first-order chi connectivity index (χ1) is 6.45. The highest BCUT2D eigenvalue weighted by molar-refractivity contribution is 14.1. The lowest BCUT2D eigenvalue weighted by molar-refractivity contribution is -0.384. The van der Waals surface area contributed by atoms with Gasteiger partial charge in [0, 0.05) is 5.56 Å². The summed E-state index contributed by atoms with van der Waals surface area (Å²) in [7, 11) is 0. The number of Topliss-reactive ketones (excluding diaryl/α,β-unsaturated/α-hetero) is 1. The molecule has 5 nitrogen and oxygen atoms in total. The molecule has 1 aromatic rings. The van der Waals surface area contributed by atoms with E-state index in [1.807, 2.05) is 22.6 Å². The zero-order valence-corrected chi connectivity index (χ0v) is 9.44. The highest BCUT2D eigenvalue weighted by Crippen LogP contribution is 2.30. The van der Waals surface area contributed by atoms with Gasteiger partial charge >= 0.3 is 5.69 Å². The minimum atomic E-state index is -0.580. The Morgan fingerprint density at radius 1 is 1.57 bits per heavy atom. The number of anilines is 1. The summed E-state index contributed by atoms with van der Waals surface area (Å²) >= 11 is 1.81. The molecular weight excluding hydrogens is 299 g/mol. The smallest absolute Gasteiger partial charge is 0.306 e. The van der Waals surface area contributed by atoms with Crippen molar-refractivity contribution >= 4 is 39.7 Å². The van der Waals surface area contributed by atoms with Gasteiger partial charge in [0.2, 0.25) is 0 Å². The fourth-order valence-corrected chi connectivity index (χ4v) is 1.74. The molecule has 0 atom stereocenters. The van der Waals surface area contributed by atoms with E-state index in [0.717, 1.165) is 0 Å². The van der Waals surface area contributed by atoms with Crippen LogP contribution < -0.4 is 5.73 Å². The normalized spacial score (nSPS) is 9.86. The molecule has 1 rings (SSSR count). The van der Waals surface area contributed by atoms with E-state index in [1.54, 1.807) is 0 Å². The first-order valence-electron chi connectivity index (χ1n) is 3.68. The van der Waals surface area contributed by atoms with Gasteiger partial charge in [-0.05, 0) is 41.6 Å². The van der Waals surface area contributed by atoms with Gasteiger partial charge in [-0.1, -0.05) is 0 Å². The number of nitrogens with two attached hydrogens (primary N) is 1. The van der Waals surface area contributed by atoms with Crippen molar-refractivity contribution in [2.75, 3.05) is 5.73 Å². The quantitative estimate of drug-likeness (QED) is 0.298. The van der Waals surface area contributed by atoms with Crippen molar-refractivity contribution in [1.29, 1.82) is 0 Å². The van der Waals surface area contributed by atoms with Crippen molar-refractivity contribution < 1.29 is 9.72 Å². The number of hydrogen-bond donors (Lipinski definition) is 1. The Balaban J connectivity index is 3.49. The molecule has 0 aliphatic rings. The van der Waals surface area contributed by atoms with E-state index in [0.29, 0.717) is 3.57 Å². The third kappa shape index (κ3) is 1.84. The Hall–Kier alpha value is -1.18. The van der Waals surface area contributed by atoms with E-state index in [2.05, 4.69) is 0 Å². The molecule has 0 bridgehead atoms. The third-order valence-electron chi connectivity index (χ3n) is 1.73. The molecule has 0 aliphatic carbocycles. The van der Waals surface area contributed by atoms with Crippen LogP contribution in [0.5, 0.6) is 0 Å². The minimum Gasteiger partial charge on any atom is -0.393 e. The molecule has 14 heavy (non-hydrogen) atoms. The molecule has 0 spiro atoms. The van der Waals surface area contributed by atoms with Crippen molar-refractivity contribution in [1.82, 2.24) is 0 Å². The number of nitrogen functional groups attached to an aromatic ring is 1. The van der Waals surface area contributed by atoms with E-state index in [9.17, 15) is 14.9 Å². The summed E-state index contributed by atoms with van der Waals surface area (Å²) in [5.74, 6) is -0.276. The summed E-state index contributed by atoms with van der Waals surface area (Å²) in [5.41, 5.74) is 5.45. The van der Waals surface area contributed by atoms with E-state index >= 15 is 0 Å². The number of nitro benzene ring substituents is 1. The van der Waals surface area contributed by atoms with Crippen LogP contribution in [0.4, 0.5) is 11.4 Å². The molecule has 0 fully saturated rings. The summed E-state index contributed by atoms with van der Waals surface area (Å²) in [6.45, 7) is 1.32. The predicted molar refractivity (Wildman–Crippen MR) is 60.2 cm³/mol. The average molecular weight is 306 g/mol. The second-order valence-electron chi connectivity index (χ2n) is 2.67. The van der Waals surface area contributed by atoms with Gasteiger partial charge in [0.05, 0.1) is 8.49 Å². The second kappa shape index (κ2) is 3.91. The molecule has 6 heteroatoms. The number of halogens is 1. The van der Waals surface area contributed by atoms with Crippen LogP contribution in [-0.2, 0) is 0 Å². The van der Waals surface area contributed by atoms with Crippen molar-refractivity contribution in [2.45, 2.75) is 6.92 Å². The number of carbonyl (C=O) groups excluding carboxylic acids is 1. The Kier molecular flexibility index (Phi) is 3.04. The number of nitro groups is 1. The third-order valence-corrected chi connectivity index (χ3v) is 2.60. The van der Waals surface area contributed by atoms with Crippen LogP contribution in [0, 0.1) is 13.7 Å². The van der Waals surface area contributed by atoms with Gasteiger partial charge in [-0.25, -0.2) is 0 Å². The van der Waals surface area contributed by atoms with Crippen LogP contribution in [-0.4, -0.2) is 10.7 Å². The Morgan fingerprint density at radius 3 is 2.57 bits per heavy atom. The van der Waals surface area contributed by atoms with Crippen molar-refractivity contribution in [3.05, 3.63) is 31.4 Å². The van der Waals surface area contributed by atoms with Gasteiger partial charge in [-0.15, -0.1) is 0 Å². The van der Waals surface area contributed by atoms with Crippen LogP contribution >= 0.6 is 22.6 Å². The maximum absolute atomic E-state index is 11.0. The second-order valence-corrected chi connectivity index (χ2v) is 3.83. The molecule has 1 aromatic carbocycles. The monoisotopic (exact) mass is 306 g/mol. The molecule has 74 valence electrons. The lowest BCUT2D eigenvalue weighted by Crippen LogP contribution is -2.05. The molecule has 2 N–H and O–H groups in total. The van der Waals surface area contributed by atoms with Gasteiger partial charge in [0.15, 0.2) is 5.78 Å². The van der Waals surface area contributed by atoms with Crippen LogP contribution in [0.25, 0.3) is 0 Å². The molecule has 0 heterocycles. The van der Waals surface area contributed by atoms with Gasteiger partial charge < -0.3 is 5.73 Å². The molecule has 0 radical (unpaired) electrons. The van der Waals surface area contributed by atoms with E-state index in [-0.39, 0.29) is 22.7 Å². The van der Waals surface area contributed by atoms with Crippen LogP contribution in [0.1, 0.15) is 17.3 Å². The van der Waals surface area contributed by atoms with Crippen LogP contribution in [0.2, 0.25) is 0 Å². The SMILES string of the molecule is CC(=O)c1ccc(I)c([N+](=O)[O-])c1N. The standard InChI is InChI=1S/C8H7IN2O3/c1-4(12)5-2-3-6(9)8(7(5)10)11(13)14/h2-3H,10H2,1H3. The molecule has 0 unspecified atom stereocenters. The molecule has 0 aromatic heterocycles. The molecule has 0 amide bonds. The largest absolute Gasteiger partial charge is 0.393 e. The first-order valence-corrected chi connectivity index (χ1v) is 4.76. The lowest BCUT2D eigenvalue weighted by Gasteiger charge is -2.03. The highest BCUT2D eigenvalue weighted by Gasteiger charge is 2.20. The van der Waals surface area contributed by atoms with Gasteiger partial charge in [0.25, 0.3) is 0 Å². The maximum atomic E-state index is 11.0. The van der Waals surface area contributed by atoms with Crippen molar-refractivity contribution in [3.63, 3.8) is 0 Å². The molecule has 0 saturated heterocycles. The lowest BCUT2D eigenvalue weighted by atomic mass is 10.1. The summed E-state index contributed by atoms with van der Waals surface area (Å²) in [4.78, 5) is 21.1. The highest BCUT2D eigenvalue weighted by atomic mass is 127. The van der Waals surface area contributed by atoms with E-state index in [4.69, 9.17) is 5.73 Å². The minimum absolute atomic E-state index is 0.0607. The zero-order valence-electron chi connectivity index (χ0n) is 7.28. The van der Waals surface area contributed by atoms with Gasteiger partial charge in [0.1, 0.15) is 5.69 Å². The van der Waals surface area contributed by atoms with E-state index < -0.39 is 4.92 Å². The first kappa shape index (κ1) is 10.9. The topological polar surface area (TPSA) is 86.2 Å². The van der Waals surface area contributed by atoms with Crippen molar-refractivity contribution in [2.24, 2.45) is 0 Å². The maximum Gasteiger partial charge on any atom is 0.306 e. The van der Waals surface area contributed by atoms with E-state index in [1.165, 1.54) is 19.1 Å². The van der Waals surface area contributed by atoms with Gasteiger partial charge in [-0.3, -0.25) is 14.9 Å². The predicted octanol–water partition coefficient (Wildman–Crippen LogP) is 1.98. The summed E-state index contributed by atoms with van der Waals surface area (Å²) in [6.07, 6.45) is 0. The summed E-state index contributed by atoms with van der Waals surface area (Å²) < 4.78 is 0.426. The van der Waals surface area contributed by atoms with Gasteiger partial charge in [-0.2, -0.15) is 0 Å². The molecule has 0 saturated carbocycles. The Morgan fingerprint density at radius 2 is 2.14 bits per heavy atom. The number of rotatable bonds is 2. The Labute approximate surface area is 93.6 Å². The number of carbonyl (C=O) groups is 1.